The van der Waals surface area contributed by atoms with Crippen LogP contribution in [-0.2, 0) is 15.3 Å². The van der Waals surface area contributed by atoms with Gasteiger partial charge in [-0.2, -0.15) is 5.10 Å². The second-order valence-electron chi connectivity index (χ2n) is 7.52. The van der Waals surface area contributed by atoms with E-state index in [0.29, 0.717) is 23.0 Å². The van der Waals surface area contributed by atoms with Crippen molar-refractivity contribution in [3.8, 4) is 11.5 Å². The van der Waals surface area contributed by atoms with Crippen LogP contribution in [0.2, 0.25) is 0 Å². The molecule has 1 saturated heterocycles. The van der Waals surface area contributed by atoms with E-state index < -0.39 is 6.29 Å². The summed E-state index contributed by atoms with van der Waals surface area (Å²) in [6, 6.07) is 15.3. The number of benzene rings is 1. The fourth-order valence-corrected chi connectivity index (χ4v) is 4.09. The minimum atomic E-state index is -0.574. The lowest BCUT2D eigenvalue weighted by Crippen LogP contribution is -2.57. The Bertz CT molecular complexity index is 1030. The number of thioether (sulfide) groups is 1. The van der Waals surface area contributed by atoms with E-state index in [4.69, 9.17) is 4.42 Å². The number of rotatable bonds is 7. The van der Waals surface area contributed by atoms with Crippen molar-refractivity contribution in [2.45, 2.75) is 31.9 Å². The molecule has 0 saturated carbocycles. The summed E-state index contributed by atoms with van der Waals surface area (Å²) in [7, 11) is 0. The van der Waals surface area contributed by atoms with Crippen molar-refractivity contribution >= 4 is 29.4 Å². The Morgan fingerprint density at radius 1 is 1.23 bits per heavy atom. The van der Waals surface area contributed by atoms with E-state index in [1.165, 1.54) is 17.3 Å². The van der Waals surface area contributed by atoms with Gasteiger partial charge in [0.1, 0.15) is 11.5 Å². The van der Waals surface area contributed by atoms with Crippen LogP contribution in [0.4, 0.5) is 5.82 Å². The quantitative estimate of drug-likeness (QED) is 0.523. The molecule has 0 aliphatic carbocycles. The van der Waals surface area contributed by atoms with Crippen LogP contribution in [0.3, 0.4) is 0 Å². The first-order valence-corrected chi connectivity index (χ1v) is 11.3. The first-order valence-electron chi connectivity index (χ1n) is 10.1. The van der Waals surface area contributed by atoms with E-state index in [2.05, 4.69) is 21.0 Å². The highest BCUT2D eigenvalue weighted by Gasteiger charge is 2.32. The van der Waals surface area contributed by atoms with Crippen LogP contribution in [0, 0.1) is 5.92 Å². The van der Waals surface area contributed by atoms with E-state index in [1.807, 2.05) is 44.2 Å². The van der Waals surface area contributed by atoms with Crippen molar-refractivity contribution in [1.82, 2.24) is 20.4 Å². The van der Waals surface area contributed by atoms with Gasteiger partial charge in [0, 0.05) is 17.9 Å². The van der Waals surface area contributed by atoms with E-state index in [-0.39, 0.29) is 23.8 Å². The van der Waals surface area contributed by atoms with Crippen molar-refractivity contribution in [2.24, 2.45) is 5.92 Å². The lowest BCUT2D eigenvalue weighted by atomic mass is 10.0. The Kier molecular flexibility index (Phi) is 6.43. The zero-order chi connectivity index (χ0) is 21.8. The van der Waals surface area contributed by atoms with Gasteiger partial charge in [0.15, 0.2) is 12.0 Å². The number of amides is 2. The topological polar surface area (TPSA) is 101 Å². The normalized spacial score (nSPS) is 21.0. The van der Waals surface area contributed by atoms with Crippen LogP contribution >= 0.6 is 11.8 Å². The van der Waals surface area contributed by atoms with Gasteiger partial charge in [-0.15, -0.1) is 11.8 Å². The van der Waals surface area contributed by atoms with Crippen molar-refractivity contribution in [3.63, 3.8) is 0 Å². The Labute approximate surface area is 184 Å². The molecule has 2 aromatic heterocycles. The summed E-state index contributed by atoms with van der Waals surface area (Å²) in [5.41, 5.74) is 1.74. The SMILES string of the molecule is CC1NC(n2nc(-c3ccco3)cc2NC(=O)CSCc2ccccc2)NC(=O)C1C. The van der Waals surface area contributed by atoms with Crippen LogP contribution in [0.15, 0.2) is 59.2 Å². The van der Waals surface area contributed by atoms with E-state index in [9.17, 15) is 9.59 Å². The summed E-state index contributed by atoms with van der Waals surface area (Å²) in [4.78, 5) is 24.9. The third kappa shape index (κ3) is 5.00. The van der Waals surface area contributed by atoms with Gasteiger partial charge >= 0.3 is 0 Å². The minimum absolute atomic E-state index is 0.0417. The number of aromatic nitrogens is 2. The molecule has 9 heteroatoms. The van der Waals surface area contributed by atoms with Crippen LogP contribution in [0.5, 0.6) is 0 Å². The molecule has 3 aromatic rings. The standard InChI is InChI=1S/C22H25N5O3S/c1-14-15(2)23-22(25-21(14)29)27-19(11-17(26-27)18-9-6-10-30-18)24-20(28)13-31-12-16-7-4-3-5-8-16/h3-11,14-15,22-23H,12-13H2,1-2H3,(H,24,28)(H,25,29). The fourth-order valence-electron chi connectivity index (χ4n) is 3.30. The highest BCUT2D eigenvalue weighted by atomic mass is 32.2. The van der Waals surface area contributed by atoms with Crippen LogP contribution < -0.4 is 16.0 Å². The molecular formula is C22H25N5O3S. The molecular weight excluding hydrogens is 414 g/mol. The molecule has 4 rings (SSSR count). The Balaban J connectivity index is 1.49. The summed E-state index contributed by atoms with van der Waals surface area (Å²) < 4.78 is 7.03. The maximum Gasteiger partial charge on any atom is 0.235 e. The molecule has 162 valence electrons. The number of carbonyl (C=O) groups is 2. The van der Waals surface area contributed by atoms with Crippen molar-refractivity contribution in [3.05, 3.63) is 60.4 Å². The molecule has 3 heterocycles. The summed E-state index contributed by atoms with van der Waals surface area (Å²) in [5, 5.41) is 13.7. The van der Waals surface area contributed by atoms with E-state index in [0.717, 1.165) is 5.75 Å². The molecule has 1 fully saturated rings. The molecule has 2 amide bonds. The fraction of sp³-hybridized carbons (Fsp3) is 0.318. The van der Waals surface area contributed by atoms with Gasteiger partial charge in [0.05, 0.1) is 17.9 Å². The predicted molar refractivity (Wildman–Crippen MR) is 120 cm³/mol. The van der Waals surface area contributed by atoms with E-state index in [1.54, 1.807) is 29.1 Å². The number of hydrogen-bond acceptors (Lipinski definition) is 6. The number of nitrogens with one attached hydrogen (secondary N) is 3. The Morgan fingerprint density at radius 2 is 2.03 bits per heavy atom. The third-order valence-corrected chi connectivity index (χ3v) is 6.23. The molecule has 0 bridgehead atoms. The van der Waals surface area contributed by atoms with Gasteiger partial charge in [-0.1, -0.05) is 37.3 Å². The van der Waals surface area contributed by atoms with Crippen LogP contribution in [-0.4, -0.2) is 33.4 Å². The minimum Gasteiger partial charge on any atom is -0.463 e. The summed E-state index contributed by atoms with van der Waals surface area (Å²) in [5.74, 6) is 1.74. The van der Waals surface area contributed by atoms with Gasteiger partial charge in [-0.05, 0) is 24.6 Å². The van der Waals surface area contributed by atoms with Gasteiger partial charge < -0.3 is 15.1 Å². The maximum atomic E-state index is 12.6. The first kappa shape index (κ1) is 21.2. The Morgan fingerprint density at radius 3 is 2.74 bits per heavy atom. The number of furan rings is 1. The molecule has 1 aromatic carbocycles. The molecule has 3 N–H and O–H groups in total. The molecule has 3 unspecified atom stereocenters. The van der Waals surface area contributed by atoms with Crippen molar-refractivity contribution < 1.29 is 14.0 Å². The zero-order valence-corrected chi connectivity index (χ0v) is 18.2. The molecule has 8 nitrogen and oxygen atoms in total. The summed E-state index contributed by atoms with van der Waals surface area (Å²) in [6.45, 7) is 3.82. The second kappa shape index (κ2) is 9.40. The van der Waals surface area contributed by atoms with Gasteiger partial charge in [-0.3, -0.25) is 14.9 Å². The average molecular weight is 440 g/mol. The number of anilines is 1. The molecule has 0 spiro atoms. The molecule has 0 radical (unpaired) electrons. The lowest BCUT2D eigenvalue weighted by Gasteiger charge is -2.34. The monoisotopic (exact) mass is 439 g/mol. The van der Waals surface area contributed by atoms with Gasteiger partial charge in [0.2, 0.25) is 11.8 Å². The largest absolute Gasteiger partial charge is 0.463 e. The van der Waals surface area contributed by atoms with Crippen LogP contribution in [0.25, 0.3) is 11.5 Å². The Hall–Kier alpha value is -3.04. The maximum absolute atomic E-state index is 12.6. The lowest BCUT2D eigenvalue weighted by molar-refractivity contribution is -0.130. The number of hydrogen-bond donors (Lipinski definition) is 3. The van der Waals surface area contributed by atoms with Gasteiger partial charge in [-0.25, -0.2) is 4.68 Å². The van der Waals surface area contributed by atoms with E-state index >= 15 is 0 Å². The second-order valence-corrected chi connectivity index (χ2v) is 8.50. The highest BCUT2D eigenvalue weighted by molar-refractivity contribution is 7.99. The molecule has 1 aliphatic rings. The van der Waals surface area contributed by atoms with Crippen molar-refractivity contribution in [2.75, 3.05) is 11.1 Å². The third-order valence-electron chi connectivity index (χ3n) is 5.23. The molecule has 3 atom stereocenters. The van der Waals surface area contributed by atoms with Crippen LogP contribution in [0.1, 0.15) is 25.7 Å². The number of carbonyl (C=O) groups excluding carboxylic acids is 2. The van der Waals surface area contributed by atoms with Gasteiger partial charge in [0.25, 0.3) is 0 Å². The summed E-state index contributed by atoms with van der Waals surface area (Å²) >= 11 is 1.54. The summed E-state index contributed by atoms with van der Waals surface area (Å²) in [6.07, 6.45) is 0.992. The predicted octanol–water partition coefficient (Wildman–Crippen LogP) is 3.22. The molecule has 31 heavy (non-hydrogen) atoms. The van der Waals surface area contributed by atoms with Crippen molar-refractivity contribution in [1.29, 1.82) is 0 Å². The molecule has 1 aliphatic heterocycles. The first-order chi connectivity index (χ1) is 15.0. The smallest absolute Gasteiger partial charge is 0.235 e. The average Bonchev–Trinajstić information content (AvgIpc) is 3.42. The zero-order valence-electron chi connectivity index (χ0n) is 17.4. The number of nitrogens with zero attached hydrogens (tertiary/aromatic N) is 2. The highest BCUT2D eigenvalue weighted by Crippen LogP contribution is 2.26.